The average Bonchev–Trinajstić information content (AvgIpc) is 3.12. The molecule has 0 spiro atoms. The van der Waals surface area contributed by atoms with Crippen LogP contribution in [0.5, 0.6) is 0 Å². The topological polar surface area (TPSA) is 197 Å². The van der Waals surface area contributed by atoms with Gasteiger partial charge in [-0.05, 0) is 0 Å². The highest BCUT2D eigenvalue weighted by Gasteiger charge is 2.16. The number of carbonyl (C=O) groups is 4. The monoisotopic (exact) mass is 726 g/mol. The fraction of sp³-hybridized carbons (Fsp3) is 0.750. The molecule has 18 heteroatoms. The highest BCUT2D eigenvalue weighted by atomic mass is 16.6. The Morgan fingerprint density at radius 3 is 0.620 bits per heavy atom. The molecule has 18 nitrogen and oxygen atoms in total. The second-order valence-electron chi connectivity index (χ2n) is 9.14. The summed E-state index contributed by atoms with van der Waals surface area (Å²) in [5.41, 5.74) is 0. The molecule has 0 radical (unpaired) electrons. The van der Waals surface area contributed by atoms with E-state index < -0.39 is 23.9 Å². The Morgan fingerprint density at radius 1 is 0.280 bits per heavy atom. The molecule has 0 aliphatic rings. The van der Waals surface area contributed by atoms with Gasteiger partial charge in [0.15, 0.2) is 0 Å². The molecular weight excluding hydrogens is 672 g/mol. The van der Waals surface area contributed by atoms with Gasteiger partial charge in [-0.1, -0.05) is 13.2 Å². The van der Waals surface area contributed by atoms with Crippen molar-refractivity contribution in [3.05, 3.63) is 25.3 Å². The Hall–Kier alpha value is -3.04. The third-order valence-corrected chi connectivity index (χ3v) is 5.34. The predicted molar refractivity (Wildman–Crippen MR) is 172 cm³/mol. The molecule has 0 aromatic heterocycles. The van der Waals surface area contributed by atoms with Crippen LogP contribution >= 0.6 is 0 Å². The largest absolute Gasteiger partial charge is 0.460 e. The SMILES string of the molecule is C=CC(=O)OCCOCCOCCOCCOCCOCCOC(=O)C(=O)OCCOCCOCCOCCOCCOCCOC(=O)C=C. The van der Waals surface area contributed by atoms with Gasteiger partial charge < -0.3 is 66.3 Å². The molecule has 0 unspecified atom stereocenters. The standard InChI is InChI=1S/C32H54O18/c1-3-29(33)47-25-21-43-17-13-39-9-5-37-7-11-41-15-19-45-23-27-49-31(35)32(36)50-28-24-46-20-16-42-12-8-38-6-10-40-14-18-44-22-26-48-30(34)4-2/h3-4H,1-2,5-28H2. The Morgan fingerprint density at radius 2 is 0.440 bits per heavy atom. The van der Waals surface area contributed by atoms with Crippen molar-refractivity contribution in [1.29, 1.82) is 0 Å². The van der Waals surface area contributed by atoms with E-state index in [0.29, 0.717) is 92.5 Å². The normalized spacial score (nSPS) is 10.8. The van der Waals surface area contributed by atoms with Crippen LogP contribution in [-0.2, 0) is 85.5 Å². The van der Waals surface area contributed by atoms with Crippen molar-refractivity contribution < 1.29 is 85.5 Å². The van der Waals surface area contributed by atoms with Crippen molar-refractivity contribution in [2.45, 2.75) is 0 Å². The Bertz CT molecular complexity index is 787. The number of ether oxygens (including phenoxy) is 14. The summed E-state index contributed by atoms with van der Waals surface area (Å²) in [6, 6.07) is 0. The zero-order valence-corrected chi connectivity index (χ0v) is 28.9. The maximum Gasteiger partial charge on any atom is 0.417 e. The lowest BCUT2D eigenvalue weighted by atomic mass is 10.6. The van der Waals surface area contributed by atoms with Crippen LogP contribution in [0.15, 0.2) is 25.3 Å². The van der Waals surface area contributed by atoms with Gasteiger partial charge in [-0.2, -0.15) is 0 Å². The summed E-state index contributed by atoms with van der Waals surface area (Å²) in [6.45, 7) is 13.4. The summed E-state index contributed by atoms with van der Waals surface area (Å²) in [5.74, 6) is -3.20. The molecule has 0 amide bonds. The summed E-state index contributed by atoms with van der Waals surface area (Å²) in [5, 5.41) is 0. The minimum atomic E-state index is -1.11. The summed E-state index contributed by atoms with van der Waals surface area (Å²) in [4.78, 5) is 45.0. The summed E-state index contributed by atoms with van der Waals surface area (Å²) >= 11 is 0. The third-order valence-electron chi connectivity index (χ3n) is 5.34. The number of rotatable bonds is 38. The molecule has 0 bridgehead atoms. The maximum absolute atomic E-state index is 11.7. The van der Waals surface area contributed by atoms with Crippen LogP contribution in [0.25, 0.3) is 0 Å². The molecule has 0 fully saturated rings. The first kappa shape index (κ1) is 47.0. The van der Waals surface area contributed by atoms with Gasteiger partial charge in [-0.3, -0.25) is 0 Å². The molecule has 0 saturated carbocycles. The van der Waals surface area contributed by atoms with Crippen molar-refractivity contribution in [3.63, 3.8) is 0 Å². The van der Waals surface area contributed by atoms with E-state index in [0.717, 1.165) is 12.2 Å². The van der Waals surface area contributed by atoms with E-state index in [4.69, 9.17) is 66.3 Å². The lowest BCUT2D eigenvalue weighted by Gasteiger charge is -2.09. The number of esters is 4. The lowest BCUT2D eigenvalue weighted by Crippen LogP contribution is -2.24. The van der Waals surface area contributed by atoms with Gasteiger partial charge in [0, 0.05) is 12.2 Å². The summed E-state index contributed by atoms with van der Waals surface area (Å²) in [6.07, 6.45) is 2.18. The first-order valence-electron chi connectivity index (χ1n) is 16.2. The van der Waals surface area contributed by atoms with Gasteiger partial charge >= 0.3 is 23.9 Å². The van der Waals surface area contributed by atoms with E-state index in [1.54, 1.807) is 0 Å². The molecule has 0 aliphatic carbocycles. The van der Waals surface area contributed by atoms with E-state index in [1.807, 2.05) is 0 Å². The van der Waals surface area contributed by atoms with Gasteiger partial charge in [0.1, 0.15) is 26.4 Å². The van der Waals surface area contributed by atoms with E-state index in [-0.39, 0.29) is 66.1 Å². The predicted octanol–water partition coefficient (Wildman–Crippen LogP) is -0.303. The quantitative estimate of drug-likeness (QED) is 0.0264. The first-order valence-corrected chi connectivity index (χ1v) is 16.2. The van der Waals surface area contributed by atoms with Crippen molar-refractivity contribution in [1.82, 2.24) is 0 Å². The smallest absolute Gasteiger partial charge is 0.417 e. The van der Waals surface area contributed by atoms with Crippen LogP contribution < -0.4 is 0 Å². The average molecular weight is 727 g/mol. The van der Waals surface area contributed by atoms with E-state index >= 15 is 0 Å². The molecular formula is C32H54O18. The minimum Gasteiger partial charge on any atom is -0.460 e. The highest BCUT2D eigenvalue weighted by Crippen LogP contribution is 1.90. The number of carbonyl (C=O) groups excluding carboxylic acids is 4. The molecule has 0 aromatic rings. The van der Waals surface area contributed by atoms with Crippen LogP contribution in [-0.4, -0.2) is 182 Å². The molecule has 0 N–H and O–H groups in total. The Kier molecular flexibility index (Phi) is 36.4. The fourth-order valence-electron chi connectivity index (χ4n) is 2.99. The zero-order chi connectivity index (χ0) is 36.6. The van der Waals surface area contributed by atoms with Gasteiger partial charge in [0.05, 0.1) is 132 Å². The van der Waals surface area contributed by atoms with Gasteiger partial charge in [-0.15, -0.1) is 0 Å². The lowest BCUT2D eigenvalue weighted by molar-refractivity contribution is -0.169. The molecule has 0 aromatic carbocycles. The van der Waals surface area contributed by atoms with Crippen LogP contribution in [0.1, 0.15) is 0 Å². The second kappa shape index (κ2) is 38.8. The summed E-state index contributed by atoms with van der Waals surface area (Å²) < 4.78 is 72.3. The summed E-state index contributed by atoms with van der Waals surface area (Å²) in [7, 11) is 0. The van der Waals surface area contributed by atoms with Gasteiger partial charge in [0.25, 0.3) is 0 Å². The van der Waals surface area contributed by atoms with Crippen molar-refractivity contribution in [2.75, 3.05) is 159 Å². The van der Waals surface area contributed by atoms with Crippen molar-refractivity contribution in [3.8, 4) is 0 Å². The first-order chi connectivity index (χ1) is 24.5. The van der Waals surface area contributed by atoms with Crippen molar-refractivity contribution in [2.24, 2.45) is 0 Å². The minimum absolute atomic E-state index is 0.0937. The van der Waals surface area contributed by atoms with E-state index in [9.17, 15) is 19.2 Å². The molecule has 290 valence electrons. The molecule has 0 aliphatic heterocycles. The molecule has 0 heterocycles. The van der Waals surface area contributed by atoms with Crippen LogP contribution in [0.4, 0.5) is 0 Å². The highest BCUT2D eigenvalue weighted by molar-refractivity contribution is 6.29. The zero-order valence-electron chi connectivity index (χ0n) is 28.9. The fourth-order valence-corrected chi connectivity index (χ4v) is 2.99. The Balaban J connectivity index is 3.28. The van der Waals surface area contributed by atoms with E-state index in [2.05, 4.69) is 13.2 Å². The Labute approximate surface area is 293 Å². The molecule has 0 rings (SSSR count). The number of hydrogen-bond acceptors (Lipinski definition) is 18. The van der Waals surface area contributed by atoms with Gasteiger partial charge in [0.2, 0.25) is 0 Å². The second-order valence-corrected chi connectivity index (χ2v) is 9.14. The van der Waals surface area contributed by atoms with E-state index in [1.165, 1.54) is 0 Å². The maximum atomic E-state index is 11.7. The number of hydrogen-bond donors (Lipinski definition) is 0. The van der Waals surface area contributed by atoms with Gasteiger partial charge in [-0.25, -0.2) is 19.2 Å². The van der Waals surface area contributed by atoms with Crippen molar-refractivity contribution >= 4 is 23.9 Å². The molecule has 50 heavy (non-hydrogen) atoms. The molecule has 0 atom stereocenters. The third kappa shape index (κ3) is 36.2. The van der Waals surface area contributed by atoms with Crippen LogP contribution in [0.2, 0.25) is 0 Å². The molecule has 0 saturated heterocycles. The van der Waals surface area contributed by atoms with Crippen LogP contribution in [0, 0.1) is 0 Å². The van der Waals surface area contributed by atoms with Crippen LogP contribution in [0.3, 0.4) is 0 Å².